The number of rotatable bonds is 13. The van der Waals surface area contributed by atoms with E-state index in [1.165, 1.54) is 4.31 Å². The molecule has 0 aliphatic rings. The number of aryl methyl sites for hydroxylation is 2. The van der Waals surface area contributed by atoms with Gasteiger partial charge in [-0.25, -0.2) is 8.51 Å². The summed E-state index contributed by atoms with van der Waals surface area (Å²) in [6.07, 6.45) is 0. The Kier molecular flexibility index (Phi) is 11.4. The molecular weight excluding hydrogens is 480 g/mol. The average Bonchev–Trinajstić information content (AvgIpc) is 2.82. The van der Waals surface area contributed by atoms with E-state index < -0.39 is 11.0 Å². The summed E-state index contributed by atoms with van der Waals surface area (Å²) in [6.45, 7) is 5.32. The van der Waals surface area contributed by atoms with Gasteiger partial charge in [0.15, 0.2) is 0 Å². The monoisotopic (exact) mass is 518 g/mol. The van der Waals surface area contributed by atoms with Crippen LogP contribution in [-0.4, -0.2) is 91.7 Å². The minimum Gasteiger partial charge on any atom is -0.497 e. The van der Waals surface area contributed by atoms with E-state index in [0.717, 1.165) is 29.0 Å². The summed E-state index contributed by atoms with van der Waals surface area (Å²) in [5, 5.41) is 2.62. The molecule has 0 heterocycles. The molecular formula is C26H38N4O5S. The lowest BCUT2D eigenvalue weighted by atomic mass is 10.1. The first-order valence-electron chi connectivity index (χ1n) is 11.7. The van der Waals surface area contributed by atoms with Gasteiger partial charge in [0.1, 0.15) is 29.1 Å². The van der Waals surface area contributed by atoms with Gasteiger partial charge in [-0.15, -0.1) is 0 Å². The van der Waals surface area contributed by atoms with Crippen LogP contribution in [0.25, 0.3) is 0 Å². The normalized spacial score (nSPS) is 11.9. The summed E-state index contributed by atoms with van der Waals surface area (Å²) in [7, 11) is 7.33. The van der Waals surface area contributed by atoms with Crippen molar-refractivity contribution >= 4 is 22.8 Å². The molecule has 1 N–H and O–H groups in total. The molecule has 0 aliphatic heterocycles. The number of nitrogens with one attached hydrogen (secondary N) is 1. The SMILES string of the molecule is COc1cc(C)c(S(=O)N(C)CC(=O)NCC(=O)N(C)Cc2ccc(OCCN(C)C)cc2)c(C)c1. The molecule has 2 aromatic carbocycles. The van der Waals surface area contributed by atoms with Gasteiger partial charge in [-0.2, -0.15) is 0 Å². The molecule has 36 heavy (non-hydrogen) atoms. The summed E-state index contributed by atoms with van der Waals surface area (Å²) in [6, 6.07) is 11.2. The molecule has 1 atom stereocenters. The summed E-state index contributed by atoms with van der Waals surface area (Å²) >= 11 is 0. The molecule has 0 saturated carbocycles. The van der Waals surface area contributed by atoms with Gasteiger partial charge in [0.05, 0.1) is 25.1 Å². The van der Waals surface area contributed by atoms with E-state index in [0.29, 0.717) is 23.8 Å². The first-order valence-corrected chi connectivity index (χ1v) is 12.8. The maximum atomic E-state index is 13.0. The third kappa shape index (κ3) is 8.92. The van der Waals surface area contributed by atoms with E-state index in [1.54, 1.807) is 26.1 Å². The summed E-state index contributed by atoms with van der Waals surface area (Å²) < 4.78 is 25.4. The van der Waals surface area contributed by atoms with Gasteiger partial charge < -0.3 is 24.6 Å². The molecule has 0 bridgehead atoms. The summed E-state index contributed by atoms with van der Waals surface area (Å²) in [5.74, 6) is 0.873. The highest BCUT2D eigenvalue weighted by Gasteiger charge is 2.20. The van der Waals surface area contributed by atoms with Gasteiger partial charge in [0.2, 0.25) is 11.8 Å². The first kappa shape index (κ1) is 29.3. The standard InChI is InChI=1S/C26H38N4O5S/c1-19-14-23(34-7)15-20(2)26(19)36(33)30(6)18-24(31)27-16-25(32)29(5)17-21-8-10-22(11-9-21)35-13-12-28(3)4/h8-11,14-15H,12-13,16-18H2,1-7H3,(H,27,31). The molecule has 2 rings (SSSR count). The van der Waals surface area contributed by atoms with Crippen molar-refractivity contribution in [3.8, 4) is 11.5 Å². The number of nitrogens with zero attached hydrogens (tertiary/aromatic N) is 3. The van der Waals surface area contributed by atoms with Crippen molar-refractivity contribution < 1.29 is 23.3 Å². The van der Waals surface area contributed by atoms with Gasteiger partial charge in [-0.1, -0.05) is 12.1 Å². The topological polar surface area (TPSA) is 91.4 Å². The number of carbonyl (C=O) groups excluding carboxylic acids is 2. The highest BCUT2D eigenvalue weighted by molar-refractivity contribution is 7.82. The van der Waals surface area contributed by atoms with E-state index in [1.807, 2.05) is 69.2 Å². The molecule has 0 spiro atoms. The number of hydrogen-bond acceptors (Lipinski definition) is 6. The average molecular weight is 519 g/mol. The second kappa shape index (κ2) is 14.0. The van der Waals surface area contributed by atoms with Crippen molar-refractivity contribution in [2.24, 2.45) is 0 Å². The zero-order valence-corrected chi connectivity index (χ0v) is 23.1. The van der Waals surface area contributed by atoms with Crippen LogP contribution in [0.5, 0.6) is 11.5 Å². The third-order valence-electron chi connectivity index (χ3n) is 5.51. The molecule has 198 valence electrons. The molecule has 2 amide bonds. The van der Waals surface area contributed by atoms with Crippen LogP contribution in [0, 0.1) is 13.8 Å². The molecule has 0 aromatic heterocycles. The van der Waals surface area contributed by atoms with Crippen LogP contribution >= 0.6 is 0 Å². The van der Waals surface area contributed by atoms with Crippen molar-refractivity contribution in [1.29, 1.82) is 0 Å². The third-order valence-corrected chi connectivity index (χ3v) is 7.19. The van der Waals surface area contributed by atoms with Gasteiger partial charge in [-0.05, 0) is 68.9 Å². The van der Waals surface area contributed by atoms with E-state index in [-0.39, 0.29) is 24.9 Å². The lowest BCUT2D eigenvalue weighted by Gasteiger charge is -2.20. The number of benzene rings is 2. The molecule has 9 nitrogen and oxygen atoms in total. The Labute approximate surface area is 216 Å². The van der Waals surface area contributed by atoms with Crippen molar-refractivity contribution in [1.82, 2.24) is 19.4 Å². The molecule has 1 unspecified atom stereocenters. The van der Waals surface area contributed by atoms with Gasteiger partial charge >= 0.3 is 0 Å². The Morgan fingerprint density at radius 3 is 2.14 bits per heavy atom. The van der Waals surface area contributed by atoms with E-state index in [9.17, 15) is 13.8 Å². The number of amides is 2. The Morgan fingerprint density at radius 2 is 1.58 bits per heavy atom. The second-order valence-corrected chi connectivity index (χ2v) is 10.5. The molecule has 0 radical (unpaired) electrons. The second-order valence-electron chi connectivity index (χ2n) is 8.95. The summed E-state index contributed by atoms with van der Waals surface area (Å²) in [4.78, 5) is 29.2. The lowest BCUT2D eigenvalue weighted by Crippen LogP contribution is -2.42. The van der Waals surface area contributed by atoms with Crippen LogP contribution in [-0.2, 0) is 27.1 Å². The van der Waals surface area contributed by atoms with Crippen molar-refractivity contribution in [3.05, 3.63) is 53.1 Å². The smallest absolute Gasteiger partial charge is 0.242 e. The van der Waals surface area contributed by atoms with Crippen molar-refractivity contribution in [2.45, 2.75) is 25.3 Å². The van der Waals surface area contributed by atoms with Gasteiger partial charge in [0.25, 0.3) is 0 Å². The number of methoxy groups -OCH3 is 1. The van der Waals surface area contributed by atoms with E-state index >= 15 is 0 Å². The summed E-state index contributed by atoms with van der Waals surface area (Å²) in [5.41, 5.74) is 2.60. The maximum Gasteiger partial charge on any atom is 0.242 e. The zero-order valence-electron chi connectivity index (χ0n) is 22.3. The fourth-order valence-electron chi connectivity index (χ4n) is 3.48. The predicted molar refractivity (Wildman–Crippen MR) is 141 cm³/mol. The predicted octanol–water partition coefficient (Wildman–Crippen LogP) is 1.98. The van der Waals surface area contributed by atoms with Gasteiger partial charge in [-0.3, -0.25) is 9.59 Å². The molecule has 0 saturated heterocycles. The van der Waals surface area contributed by atoms with E-state index in [4.69, 9.17) is 9.47 Å². The van der Waals surface area contributed by atoms with E-state index in [2.05, 4.69) is 5.32 Å². The quantitative estimate of drug-likeness (QED) is 0.436. The largest absolute Gasteiger partial charge is 0.497 e. The minimum absolute atomic E-state index is 0.107. The molecule has 0 aliphatic carbocycles. The fraction of sp³-hybridized carbons (Fsp3) is 0.462. The maximum absolute atomic E-state index is 13.0. The fourth-order valence-corrected chi connectivity index (χ4v) is 4.70. The number of carbonyl (C=O) groups is 2. The van der Waals surface area contributed by atoms with Gasteiger partial charge in [0, 0.05) is 27.2 Å². The van der Waals surface area contributed by atoms with Crippen molar-refractivity contribution in [3.63, 3.8) is 0 Å². The Hall–Kier alpha value is -2.95. The van der Waals surface area contributed by atoms with Crippen LogP contribution in [0.1, 0.15) is 16.7 Å². The lowest BCUT2D eigenvalue weighted by molar-refractivity contribution is -0.132. The minimum atomic E-state index is -1.53. The Bertz CT molecular complexity index is 1040. The zero-order chi connectivity index (χ0) is 26.8. The number of ether oxygens (including phenoxy) is 2. The molecule has 2 aromatic rings. The Balaban J connectivity index is 1.82. The van der Waals surface area contributed by atoms with Crippen LogP contribution in [0.2, 0.25) is 0 Å². The molecule has 0 fully saturated rings. The number of hydrogen-bond donors (Lipinski definition) is 1. The first-order chi connectivity index (χ1) is 17.0. The van der Waals surface area contributed by atoms with Crippen molar-refractivity contribution in [2.75, 3.05) is 61.5 Å². The van der Waals surface area contributed by atoms with Crippen LogP contribution in [0.3, 0.4) is 0 Å². The van der Waals surface area contributed by atoms with Crippen LogP contribution in [0.15, 0.2) is 41.3 Å². The number of likely N-dealkylation sites (N-methyl/N-ethyl adjacent to an activating group) is 3. The van der Waals surface area contributed by atoms with Crippen LogP contribution < -0.4 is 14.8 Å². The Morgan fingerprint density at radius 1 is 0.972 bits per heavy atom. The highest BCUT2D eigenvalue weighted by atomic mass is 32.2. The van der Waals surface area contributed by atoms with Crippen LogP contribution in [0.4, 0.5) is 0 Å². The highest BCUT2D eigenvalue weighted by Crippen LogP contribution is 2.25. The molecule has 10 heteroatoms.